The number of hydrogen-bond acceptors (Lipinski definition) is 10. The lowest BCUT2D eigenvalue weighted by Gasteiger charge is -2.19. The van der Waals surface area contributed by atoms with Gasteiger partial charge in [0.1, 0.15) is 11.1 Å². The Bertz CT molecular complexity index is 1420. The summed E-state index contributed by atoms with van der Waals surface area (Å²) in [4.78, 5) is 28.2. The summed E-state index contributed by atoms with van der Waals surface area (Å²) in [5, 5.41) is 11.3. The van der Waals surface area contributed by atoms with E-state index >= 15 is 0 Å². The lowest BCUT2D eigenvalue weighted by atomic mass is 9.99. The normalized spacial score (nSPS) is 14.2. The molecule has 2 N–H and O–H groups in total. The van der Waals surface area contributed by atoms with Crippen LogP contribution in [0.4, 0.5) is 0 Å². The summed E-state index contributed by atoms with van der Waals surface area (Å²) in [6.45, 7) is 0. The standard InChI is InChI=1S/C23H22N2O9S/c1-29-12-7-6-11-15(19(12)33-5)22(28)34-17(11)16-20(26)24-23(35)25(21(16)27)10-8-13(30-2)18(32-4)14(9-10)31-3/h6-9,17,27H,1-5H3,(H,24,26,35). The molecule has 4 rings (SSSR count). The first-order valence-corrected chi connectivity index (χ1v) is 10.6. The number of carbonyl (C=O) groups excluding carboxylic acids is 1. The second kappa shape index (κ2) is 9.22. The van der Waals surface area contributed by atoms with E-state index in [-0.39, 0.29) is 21.6 Å². The van der Waals surface area contributed by atoms with Gasteiger partial charge >= 0.3 is 5.97 Å². The molecule has 1 aliphatic rings. The number of carbonyl (C=O) groups is 1. The zero-order valence-corrected chi connectivity index (χ0v) is 20.3. The van der Waals surface area contributed by atoms with Crippen molar-refractivity contribution in [3.8, 4) is 40.3 Å². The summed E-state index contributed by atoms with van der Waals surface area (Å²) < 4.78 is 33.3. The highest BCUT2D eigenvalue weighted by Crippen LogP contribution is 2.46. The van der Waals surface area contributed by atoms with Gasteiger partial charge in [0.15, 0.2) is 33.9 Å². The molecule has 0 fully saturated rings. The maximum Gasteiger partial charge on any atom is 0.343 e. The maximum atomic E-state index is 13.0. The first kappa shape index (κ1) is 24.0. The molecule has 1 aliphatic heterocycles. The van der Waals surface area contributed by atoms with Crippen LogP contribution >= 0.6 is 12.2 Å². The van der Waals surface area contributed by atoms with Gasteiger partial charge in [-0.15, -0.1) is 0 Å². The lowest BCUT2D eigenvalue weighted by Crippen LogP contribution is -2.22. The number of esters is 1. The highest BCUT2D eigenvalue weighted by Gasteiger charge is 2.40. The van der Waals surface area contributed by atoms with Crippen molar-refractivity contribution in [2.24, 2.45) is 0 Å². The number of nitrogens with zero attached hydrogens (tertiary/aromatic N) is 1. The number of nitrogens with one attached hydrogen (secondary N) is 1. The number of hydrogen-bond donors (Lipinski definition) is 2. The third kappa shape index (κ3) is 3.71. The van der Waals surface area contributed by atoms with Crippen molar-refractivity contribution in [2.75, 3.05) is 35.5 Å². The first-order chi connectivity index (χ1) is 16.8. The van der Waals surface area contributed by atoms with E-state index < -0.39 is 23.5 Å². The molecule has 2 heterocycles. The molecule has 35 heavy (non-hydrogen) atoms. The minimum atomic E-state index is -1.23. The van der Waals surface area contributed by atoms with E-state index in [0.717, 1.165) is 0 Å². The summed E-state index contributed by atoms with van der Waals surface area (Å²) in [7, 11) is 7.15. The summed E-state index contributed by atoms with van der Waals surface area (Å²) in [6.07, 6.45) is -1.23. The molecule has 0 amide bonds. The summed E-state index contributed by atoms with van der Waals surface area (Å²) in [6, 6.07) is 6.23. The molecular weight excluding hydrogens is 480 g/mol. The molecule has 0 saturated carbocycles. The summed E-state index contributed by atoms with van der Waals surface area (Å²) in [5.41, 5.74) is -0.237. The van der Waals surface area contributed by atoms with Gasteiger partial charge in [-0.2, -0.15) is 0 Å². The second-order valence-corrected chi connectivity index (χ2v) is 7.65. The third-order valence-electron chi connectivity index (χ3n) is 5.58. The molecule has 184 valence electrons. The first-order valence-electron chi connectivity index (χ1n) is 10.2. The predicted molar refractivity (Wildman–Crippen MR) is 125 cm³/mol. The Kier molecular flexibility index (Phi) is 6.31. The minimum Gasteiger partial charge on any atom is -0.494 e. The highest BCUT2D eigenvalue weighted by atomic mass is 32.1. The average Bonchev–Trinajstić information content (AvgIpc) is 3.18. The van der Waals surface area contributed by atoms with Gasteiger partial charge in [-0.25, -0.2) is 4.79 Å². The average molecular weight is 503 g/mol. The highest BCUT2D eigenvalue weighted by molar-refractivity contribution is 7.71. The maximum absolute atomic E-state index is 13.0. The van der Waals surface area contributed by atoms with Crippen molar-refractivity contribution >= 4 is 18.2 Å². The molecule has 2 aromatic carbocycles. The van der Waals surface area contributed by atoms with Crippen LogP contribution in [-0.4, -0.2) is 56.2 Å². The van der Waals surface area contributed by atoms with Crippen molar-refractivity contribution in [2.45, 2.75) is 6.10 Å². The molecule has 0 aliphatic carbocycles. The van der Waals surface area contributed by atoms with Gasteiger partial charge in [0.05, 0.1) is 41.2 Å². The summed E-state index contributed by atoms with van der Waals surface area (Å²) >= 11 is 5.33. The van der Waals surface area contributed by atoms with Gasteiger partial charge < -0.3 is 33.5 Å². The molecule has 1 aromatic heterocycles. The third-order valence-corrected chi connectivity index (χ3v) is 5.86. The second-order valence-electron chi connectivity index (χ2n) is 7.27. The van der Waals surface area contributed by atoms with Crippen LogP contribution in [0.1, 0.15) is 27.6 Å². The van der Waals surface area contributed by atoms with Crippen molar-refractivity contribution in [3.63, 3.8) is 0 Å². The molecule has 0 radical (unpaired) electrons. The Morgan fingerprint density at radius 2 is 1.51 bits per heavy atom. The number of H-pyrrole nitrogens is 1. The van der Waals surface area contributed by atoms with Crippen molar-refractivity contribution in [1.29, 1.82) is 0 Å². The van der Waals surface area contributed by atoms with E-state index in [0.29, 0.717) is 34.2 Å². The number of methoxy groups -OCH3 is 5. The van der Waals surface area contributed by atoms with Crippen LogP contribution in [0, 0.1) is 4.77 Å². The van der Waals surface area contributed by atoms with E-state index in [9.17, 15) is 14.7 Å². The van der Waals surface area contributed by atoms with Gasteiger partial charge in [0.2, 0.25) is 11.6 Å². The number of aromatic hydroxyl groups is 1. The van der Waals surface area contributed by atoms with Crippen molar-refractivity contribution in [1.82, 2.24) is 9.55 Å². The molecule has 3 aromatic rings. The minimum absolute atomic E-state index is 0.0948. The molecule has 0 saturated heterocycles. The Hall–Kier alpha value is -4.19. The van der Waals surface area contributed by atoms with Gasteiger partial charge in [-0.3, -0.25) is 14.3 Å². The molecule has 1 unspecified atom stereocenters. The zero-order chi connectivity index (χ0) is 25.4. The number of fused-ring (bicyclic) bond motifs is 1. The van der Waals surface area contributed by atoms with Crippen LogP contribution in [0.3, 0.4) is 0 Å². The molecular formula is C23H22N2O9S. The van der Waals surface area contributed by atoms with E-state index in [1.165, 1.54) is 40.1 Å². The van der Waals surface area contributed by atoms with E-state index in [4.69, 9.17) is 40.6 Å². The number of aromatic nitrogens is 2. The fourth-order valence-corrected chi connectivity index (χ4v) is 4.31. The van der Waals surface area contributed by atoms with Gasteiger partial charge in [-0.1, -0.05) is 6.07 Å². The Morgan fingerprint density at radius 1 is 0.914 bits per heavy atom. The fraction of sp³-hybridized carbons (Fsp3) is 0.261. The predicted octanol–water partition coefficient (Wildman–Crippen LogP) is 2.90. The SMILES string of the molecule is COc1cc(-n2c(O)c(C3OC(=O)c4c3ccc(OC)c4OC)c(=O)[nH]c2=S)cc(OC)c1OC. The molecule has 11 nitrogen and oxygen atoms in total. The van der Waals surface area contributed by atoms with E-state index in [1.54, 1.807) is 24.3 Å². The number of ether oxygens (including phenoxy) is 6. The Morgan fingerprint density at radius 3 is 2.06 bits per heavy atom. The van der Waals surface area contributed by atoms with Crippen LogP contribution in [0.5, 0.6) is 34.6 Å². The Balaban J connectivity index is 1.97. The zero-order valence-electron chi connectivity index (χ0n) is 19.5. The molecule has 12 heteroatoms. The topological polar surface area (TPSA) is 130 Å². The van der Waals surface area contributed by atoms with Crippen LogP contribution in [0.2, 0.25) is 0 Å². The smallest absolute Gasteiger partial charge is 0.343 e. The van der Waals surface area contributed by atoms with E-state index in [1.807, 2.05) is 0 Å². The quantitative estimate of drug-likeness (QED) is 0.367. The number of cyclic esters (lactones) is 1. The monoisotopic (exact) mass is 502 g/mol. The summed E-state index contributed by atoms with van der Waals surface area (Å²) in [5.74, 6) is 0.126. The van der Waals surface area contributed by atoms with Crippen LogP contribution in [-0.2, 0) is 4.74 Å². The lowest BCUT2D eigenvalue weighted by molar-refractivity contribution is 0.0447. The molecule has 0 bridgehead atoms. The molecule has 0 spiro atoms. The fourth-order valence-electron chi connectivity index (χ4n) is 4.03. The van der Waals surface area contributed by atoms with Gasteiger partial charge in [0, 0.05) is 17.7 Å². The Labute approximate surface area is 204 Å². The van der Waals surface area contributed by atoms with Crippen molar-refractivity contribution < 1.29 is 38.3 Å². The largest absolute Gasteiger partial charge is 0.494 e. The number of rotatable bonds is 7. The molecule has 1 atom stereocenters. The van der Waals surface area contributed by atoms with Gasteiger partial charge in [0.25, 0.3) is 5.56 Å². The van der Waals surface area contributed by atoms with Crippen molar-refractivity contribution in [3.05, 3.63) is 56.1 Å². The van der Waals surface area contributed by atoms with Crippen LogP contribution < -0.4 is 29.2 Å². The van der Waals surface area contributed by atoms with Gasteiger partial charge in [-0.05, 0) is 18.3 Å². The van der Waals surface area contributed by atoms with Crippen LogP contribution in [0.15, 0.2) is 29.1 Å². The number of aromatic amines is 1. The van der Waals surface area contributed by atoms with Crippen LogP contribution in [0.25, 0.3) is 5.69 Å². The number of benzene rings is 2. The van der Waals surface area contributed by atoms with E-state index in [2.05, 4.69) is 4.98 Å².